The molecule has 1 atom stereocenters. The quantitative estimate of drug-likeness (QED) is 0.485. The first-order valence-corrected chi connectivity index (χ1v) is 5.83. The van der Waals surface area contributed by atoms with E-state index < -0.39 is 0 Å². The normalized spacial score (nSPS) is 12.0. The van der Waals surface area contributed by atoms with Crippen molar-refractivity contribution in [3.63, 3.8) is 0 Å². The fourth-order valence-corrected chi connectivity index (χ4v) is 1.00. The van der Waals surface area contributed by atoms with Crippen molar-refractivity contribution in [1.82, 2.24) is 5.09 Å². The number of rotatable bonds is 6. The summed E-state index contributed by atoms with van der Waals surface area (Å²) in [6.45, 7) is 6.44. The van der Waals surface area contributed by atoms with Crippen LogP contribution in [0.3, 0.4) is 0 Å². The van der Waals surface area contributed by atoms with Crippen LogP contribution in [0.25, 0.3) is 0 Å². The fraction of sp³-hybridized carbons (Fsp3) is 0.667. The van der Waals surface area contributed by atoms with Crippen molar-refractivity contribution >= 4 is 14.4 Å². The van der Waals surface area contributed by atoms with E-state index in [0.29, 0.717) is 5.92 Å². The molecule has 2 nitrogen and oxygen atoms in total. The van der Waals surface area contributed by atoms with Gasteiger partial charge in [0.2, 0.25) is 0 Å². The van der Waals surface area contributed by atoms with Crippen LogP contribution >= 0.6 is 8.73 Å². The Labute approximate surface area is 77.2 Å². The molecular weight excluding hydrogens is 167 g/mol. The average Bonchev–Trinajstić information content (AvgIpc) is 2.01. The molecule has 0 aliphatic rings. The van der Waals surface area contributed by atoms with Gasteiger partial charge in [0, 0.05) is 11.9 Å². The lowest BCUT2D eigenvalue weighted by molar-refractivity contribution is 0.603. The molecule has 0 fully saturated rings. The van der Waals surface area contributed by atoms with Gasteiger partial charge in [-0.1, -0.05) is 13.8 Å². The molecule has 0 bridgehead atoms. The molecule has 70 valence electrons. The Morgan fingerprint density at radius 1 is 1.58 bits per heavy atom. The SMILES string of the molecule is CPN/C=C\C(=N)CCC(C)C. The zero-order valence-corrected chi connectivity index (χ0v) is 9.15. The van der Waals surface area contributed by atoms with Gasteiger partial charge < -0.3 is 10.5 Å². The third-order valence-corrected chi connectivity index (χ3v) is 1.96. The van der Waals surface area contributed by atoms with E-state index in [1.807, 2.05) is 12.3 Å². The second-order valence-electron chi connectivity index (χ2n) is 3.19. The van der Waals surface area contributed by atoms with E-state index in [1.165, 1.54) is 0 Å². The number of hydrogen-bond donors (Lipinski definition) is 2. The maximum Gasteiger partial charge on any atom is 0.0328 e. The average molecular weight is 186 g/mol. The van der Waals surface area contributed by atoms with Crippen LogP contribution in [0.5, 0.6) is 0 Å². The van der Waals surface area contributed by atoms with Gasteiger partial charge in [0.1, 0.15) is 0 Å². The van der Waals surface area contributed by atoms with Crippen molar-refractivity contribution < 1.29 is 0 Å². The number of nitrogens with one attached hydrogen (secondary N) is 2. The second-order valence-corrected chi connectivity index (χ2v) is 3.97. The lowest BCUT2D eigenvalue weighted by atomic mass is 10.1. The van der Waals surface area contributed by atoms with Crippen molar-refractivity contribution in [2.45, 2.75) is 26.7 Å². The maximum absolute atomic E-state index is 7.54. The van der Waals surface area contributed by atoms with Crippen LogP contribution < -0.4 is 5.09 Å². The molecule has 0 saturated heterocycles. The van der Waals surface area contributed by atoms with Crippen molar-refractivity contribution in [2.24, 2.45) is 5.92 Å². The largest absolute Gasteiger partial charge is 0.373 e. The molecule has 0 aliphatic carbocycles. The summed E-state index contributed by atoms with van der Waals surface area (Å²) in [5, 5.41) is 10.6. The van der Waals surface area contributed by atoms with Crippen LogP contribution in [0, 0.1) is 11.3 Å². The Balaban J connectivity index is 3.46. The third kappa shape index (κ3) is 7.74. The lowest BCUT2D eigenvalue weighted by Gasteiger charge is -2.02. The second kappa shape index (κ2) is 7.30. The maximum atomic E-state index is 7.54. The van der Waals surface area contributed by atoms with Crippen LogP contribution in [-0.4, -0.2) is 12.4 Å². The summed E-state index contributed by atoms with van der Waals surface area (Å²) in [5.41, 5.74) is 0.717. The van der Waals surface area contributed by atoms with Crippen LogP contribution in [0.2, 0.25) is 0 Å². The smallest absolute Gasteiger partial charge is 0.0328 e. The molecule has 1 unspecified atom stereocenters. The number of allylic oxidation sites excluding steroid dienone is 1. The van der Waals surface area contributed by atoms with E-state index in [-0.39, 0.29) is 0 Å². The summed E-state index contributed by atoms with van der Waals surface area (Å²) in [5.74, 6) is 0.694. The Morgan fingerprint density at radius 3 is 2.75 bits per heavy atom. The number of hydrogen-bond acceptors (Lipinski definition) is 2. The summed E-state index contributed by atoms with van der Waals surface area (Å²) in [7, 11) is 0.721. The minimum Gasteiger partial charge on any atom is -0.373 e. The molecule has 0 aromatic carbocycles. The topological polar surface area (TPSA) is 35.9 Å². The van der Waals surface area contributed by atoms with E-state index in [4.69, 9.17) is 5.41 Å². The monoisotopic (exact) mass is 186 g/mol. The molecule has 0 aromatic heterocycles. The zero-order chi connectivity index (χ0) is 9.40. The van der Waals surface area contributed by atoms with Crippen LogP contribution in [0.1, 0.15) is 26.7 Å². The molecule has 0 heterocycles. The van der Waals surface area contributed by atoms with Gasteiger partial charge in [-0.15, -0.1) is 0 Å². The van der Waals surface area contributed by atoms with Crippen molar-refractivity contribution in [2.75, 3.05) is 6.66 Å². The fourth-order valence-electron chi connectivity index (χ4n) is 0.753. The van der Waals surface area contributed by atoms with Gasteiger partial charge >= 0.3 is 0 Å². The van der Waals surface area contributed by atoms with Gasteiger partial charge in [-0.2, -0.15) is 0 Å². The van der Waals surface area contributed by atoms with Crippen molar-refractivity contribution in [1.29, 1.82) is 5.41 Å². The Kier molecular flexibility index (Phi) is 7.08. The van der Waals surface area contributed by atoms with Gasteiger partial charge in [0.15, 0.2) is 0 Å². The molecule has 12 heavy (non-hydrogen) atoms. The summed E-state index contributed by atoms with van der Waals surface area (Å²) in [4.78, 5) is 0. The van der Waals surface area contributed by atoms with E-state index in [9.17, 15) is 0 Å². The van der Waals surface area contributed by atoms with Crippen LogP contribution in [0.4, 0.5) is 0 Å². The summed E-state index contributed by atoms with van der Waals surface area (Å²) in [6, 6.07) is 0. The molecule has 0 aliphatic heterocycles. The predicted molar refractivity (Wildman–Crippen MR) is 58.3 cm³/mol. The molecular formula is C9H19N2P. The van der Waals surface area contributed by atoms with Crippen LogP contribution in [-0.2, 0) is 0 Å². The summed E-state index contributed by atoms with van der Waals surface area (Å²) < 4.78 is 0. The summed E-state index contributed by atoms with van der Waals surface area (Å²) >= 11 is 0. The van der Waals surface area contributed by atoms with E-state index in [1.54, 1.807) is 0 Å². The minimum atomic E-state index is 0.694. The molecule has 0 aromatic rings. The van der Waals surface area contributed by atoms with E-state index in [2.05, 4.69) is 25.6 Å². The van der Waals surface area contributed by atoms with E-state index >= 15 is 0 Å². The first-order valence-electron chi connectivity index (χ1n) is 4.33. The van der Waals surface area contributed by atoms with Gasteiger partial charge in [-0.25, -0.2) is 0 Å². The highest BCUT2D eigenvalue weighted by Gasteiger charge is 1.95. The zero-order valence-electron chi connectivity index (χ0n) is 8.15. The Morgan fingerprint density at radius 2 is 2.25 bits per heavy atom. The highest BCUT2D eigenvalue weighted by molar-refractivity contribution is 7.34. The van der Waals surface area contributed by atoms with Crippen LogP contribution in [0.15, 0.2) is 12.3 Å². The Bertz CT molecular complexity index is 153. The predicted octanol–water partition coefficient (Wildman–Crippen LogP) is 2.77. The molecule has 0 radical (unpaired) electrons. The van der Waals surface area contributed by atoms with Crippen molar-refractivity contribution in [3.05, 3.63) is 12.3 Å². The highest BCUT2D eigenvalue weighted by Crippen LogP contribution is 2.04. The van der Waals surface area contributed by atoms with Crippen molar-refractivity contribution in [3.8, 4) is 0 Å². The lowest BCUT2D eigenvalue weighted by Crippen LogP contribution is -1.97. The van der Waals surface area contributed by atoms with E-state index in [0.717, 1.165) is 27.3 Å². The first kappa shape index (κ1) is 11.6. The molecule has 2 N–H and O–H groups in total. The summed E-state index contributed by atoms with van der Waals surface area (Å²) in [6.07, 6.45) is 5.71. The molecule has 0 spiro atoms. The molecule has 3 heteroatoms. The minimum absolute atomic E-state index is 0.694. The molecule has 0 saturated carbocycles. The standard InChI is InChI=1S/C9H19N2P/c1-8(2)4-5-9(10)6-7-11-12-3/h6-8,10-12H,4-5H2,1-3H3/b7-6-,10-9?. The molecule has 0 rings (SSSR count). The van der Waals surface area contributed by atoms with Gasteiger partial charge in [-0.05, 0) is 40.2 Å². The van der Waals surface area contributed by atoms with Gasteiger partial charge in [0.25, 0.3) is 0 Å². The Hall–Kier alpha value is -0.360. The first-order chi connectivity index (χ1) is 5.66. The van der Waals surface area contributed by atoms with Gasteiger partial charge in [-0.3, -0.25) is 0 Å². The molecule has 0 amide bonds. The third-order valence-electron chi connectivity index (χ3n) is 1.50. The highest BCUT2D eigenvalue weighted by atomic mass is 31.1. The van der Waals surface area contributed by atoms with Gasteiger partial charge in [0.05, 0.1) is 0 Å².